The molecule has 120 valence electrons. The molecule has 1 fully saturated rings. The second kappa shape index (κ2) is 7.04. The van der Waals surface area contributed by atoms with E-state index in [1.54, 1.807) is 35.6 Å². The monoisotopic (exact) mass is 313 g/mol. The minimum Gasteiger partial charge on any atom is -0.345 e. The van der Waals surface area contributed by atoms with Gasteiger partial charge in [0.05, 0.1) is 0 Å². The molecule has 1 saturated carbocycles. The van der Waals surface area contributed by atoms with Crippen LogP contribution in [-0.2, 0) is 16.1 Å². The Morgan fingerprint density at radius 3 is 2.78 bits per heavy atom. The first-order valence-corrected chi connectivity index (χ1v) is 7.75. The van der Waals surface area contributed by atoms with Crippen LogP contribution in [0.4, 0.5) is 0 Å². The van der Waals surface area contributed by atoms with Crippen LogP contribution in [-0.4, -0.2) is 32.4 Å². The number of amides is 2. The van der Waals surface area contributed by atoms with Crippen molar-refractivity contribution in [1.82, 2.24) is 25.2 Å². The first-order chi connectivity index (χ1) is 11.2. The van der Waals surface area contributed by atoms with Gasteiger partial charge in [0.2, 0.25) is 0 Å². The number of hydrogen-bond acceptors (Lipinski definition) is 4. The van der Waals surface area contributed by atoms with E-state index in [9.17, 15) is 9.59 Å². The van der Waals surface area contributed by atoms with Gasteiger partial charge in [0.25, 0.3) is 0 Å². The highest BCUT2D eigenvalue weighted by Crippen LogP contribution is 2.17. The lowest BCUT2D eigenvalue weighted by molar-refractivity contribution is -0.139. The topological polar surface area (TPSA) is 88.9 Å². The van der Waals surface area contributed by atoms with Crippen LogP contribution in [0, 0.1) is 0 Å². The summed E-state index contributed by atoms with van der Waals surface area (Å²) in [7, 11) is 0. The largest absolute Gasteiger partial charge is 0.345 e. The van der Waals surface area contributed by atoms with Gasteiger partial charge in [-0.15, -0.1) is 0 Å². The molecule has 2 N–H and O–H groups in total. The zero-order valence-electron chi connectivity index (χ0n) is 12.7. The van der Waals surface area contributed by atoms with E-state index in [1.165, 1.54) is 0 Å². The third-order valence-corrected chi connectivity index (χ3v) is 3.95. The maximum absolute atomic E-state index is 11.9. The fraction of sp³-hybridized carbons (Fsp3) is 0.375. The first-order valence-electron chi connectivity index (χ1n) is 7.75. The van der Waals surface area contributed by atoms with E-state index in [0.29, 0.717) is 5.82 Å². The number of aromatic nitrogens is 3. The molecule has 2 aromatic rings. The Hall–Kier alpha value is -2.70. The Kier molecular flexibility index (Phi) is 4.65. The molecule has 0 spiro atoms. The molecule has 0 atom stereocenters. The summed E-state index contributed by atoms with van der Waals surface area (Å²) in [5, 5.41) is 5.43. The van der Waals surface area contributed by atoms with Crippen molar-refractivity contribution in [1.29, 1.82) is 0 Å². The number of carbonyl (C=O) groups excluding carboxylic acids is 2. The minimum absolute atomic E-state index is 0.133. The van der Waals surface area contributed by atoms with Gasteiger partial charge in [0, 0.05) is 36.7 Å². The third kappa shape index (κ3) is 3.74. The lowest BCUT2D eigenvalue weighted by Gasteiger charge is -2.13. The van der Waals surface area contributed by atoms with Crippen LogP contribution in [0.25, 0.3) is 5.82 Å². The summed E-state index contributed by atoms with van der Waals surface area (Å²) in [6.07, 6.45) is 10.9. The third-order valence-electron chi connectivity index (χ3n) is 3.95. The van der Waals surface area contributed by atoms with Crippen LogP contribution in [0.15, 0.2) is 37.1 Å². The lowest BCUT2D eigenvalue weighted by atomic mass is 10.2. The predicted molar refractivity (Wildman–Crippen MR) is 83.6 cm³/mol. The molecule has 0 aromatic carbocycles. The van der Waals surface area contributed by atoms with E-state index in [1.807, 2.05) is 6.07 Å². The van der Waals surface area contributed by atoms with Gasteiger partial charge in [0.1, 0.15) is 12.1 Å². The zero-order chi connectivity index (χ0) is 16.1. The number of nitrogens with zero attached hydrogens (tertiary/aromatic N) is 3. The summed E-state index contributed by atoms with van der Waals surface area (Å²) < 4.78 is 1.76. The Balaban J connectivity index is 1.60. The molecule has 0 saturated heterocycles. The summed E-state index contributed by atoms with van der Waals surface area (Å²) in [6.45, 7) is 0.234. The van der Waals surface area contributed by atoms with Crippen molar-refractivity contribution in [2.45, 2.75) is 38.3 Å². The van der Waals surface area contributed by atoms with E-state index in [4.69, 9.17) is 0 Å². The maximum Gasteiger partial charge on any atom is 0.309 e. The second-order valence-corrected chi connectivity index (χ2v) is 5.59. The molecule has 0 unspecified atom stereocenters. The van der Waals surface area contributed by atoms with Crippen molar-refractivity contribution in [3.05, 3.63) is 42.6 Å². The molecule has 2 heterocycles. The van der Waals surface area contributed by atoms with E-state index in [2.05, 4.69) is 20.6 Å². The van der Waals surface area contributed by atoms with Crippen molar-refractivity contribution in [2.24, 2.45) is 0 Å². The summed E-state index contributed by atoms with van der Waals surface area (Å²) in [5.74, 6) is -0.496. The van der Waals surface area contributed by atoms with Crippen molar-refractivity contribution in [3.63, 3.8) is 0 Å². The fourth-order valence-electron chi connectivity index (χ4n) is 2.76. The first kappa shape index (κ1) is 15.2. The predicted octanol–water partition coefficient (Wildman–Crippen LogP) is 0.942. The average Bonchev–Trinajstić information content (AvgIpc) is 3.26. The molecule has 1 aliphatic rings. The Bertz CT molecular complexity index is 678. The van der Waals surface area contributed by atoms with Crippen LogP contribution in [0.2, 0.25) is 0 Å². The van der Waals surface area contributed by atoms with Gasteiger partial charge in [-0.2, -0.15) is 0 Å². The number of hydrogen-bond donors (Lipinski definition) is 2. The number of pyridine rings is 1. The quantitative estimate of drug-likeness (QED) is 0.822. The van der Waals surface area contributed by atoms with Crippen LogP contribution in [0.5, 0.6) is 0 Å². The Morgan fingerprint density at radius 2 is 2.04 bits per heavy atom. The average molecular weight is 313 g/mol. The van der Waals surface area contributed by atoms with Gasteiger partial charge in [-0.05, 0) is 18.9 Å². The van der Waals surface area contributed by atoms with Gasteiger partial charge >= 0.3 is 11.8 Å². The lowest BCUT2D eigenvalue weighted by Crippen LogP contribution is -2.43. The summed E-state index contributed by atoms with van der Waals surface area (Å²) in [6, 6.07) is 3.78. The summed E-state index contributed by atoms with van der Waals surface area (Å²) in [4.78, 5) is 32.1. The summed E-state index contributed by atoms with van der Waals surface area (Å²) >= 11 is 0. The van der Waals surface area contributed by atoms with Crippen LogP contribution >= 0.6 is 0 Å². The van der Waals surface area contributed by atoms with Gasteiger partial charge in [-0.25, -0.2) is 9.97 Å². The van der Waals surface area contributed by atoms with E-state index >= 15 is 0 Å². The molecule has 23 heavy (non-hydrogen) atoms. The number of carbonyl (C=O) groups is 2. The SMILES string of the molecule is O=C(NCc1cccnc1-n1ccnc1)C(=O)NC1CCCC1. The van der Waals surface area contributed by atoms with Crippen molar-refractivity contribution in [2.75, 3.05) is 0 Å². The van der Waals surface area contributed by atoms with Gasteiger partial charge < -0.3 is 10.6 Å². The zero-order valence-corrected chi connectivity index (χ0v) is 12.7. The fourth-order valence-corrected chi connectivity index (χ4v) is 2.76. The molecular formula is C16H19N5O2. The maximum atomic E-state index is 11.9. The van der Waals surface area contributed by atoms with Crippen molar-refractivity contribution >= 4 is 11.8 Å². The standard InChI is InChI=1S/C16H19N5O2/c22-15(16(23)20-13-5-1-2-6-13)19-10-12-4-3-7-18-14(12)21-9-8-17-11-21/h3-4,7-9,11,13H,1-2,5-6,10H2,(H,19,22)(H,20,23). The molecule has 2 amide bonds. The molecule has 1 aliphatic carbocycles. The molecule has 2 aromatic heterocycles. The molecule has 0 aliphatic heterocycles. The van der Waals surface area contributed by atoms with Gasteiger partial charge in [0.15, 0.2) is 0 Å². The highest BCUT2D eigenvalue weighted by molar-refractivity contribution is 6.35. The van der Waals surface area contributed by atoms with Crippen LogP contribution < -0.4 is 10.6 Å². The van der Waals surface area contributed by atoms with Crippen LogP contribution in [0.3, 0.4) is 0 Å². The molecule has 3 rings (SSSR count). The molecular weight excluding hydrogens is 294 g/mol. The molecule has 7 heteroatoms. The van der Waals surface area contributed by atoms with E-state index in [0.717, 1.165) is 31.2 Å². The van der Waals surface area contributed by atoms with E-state index in [-0.39, 0.29) is 12.6 Å². The molecule has 0 radical (unpaired) electrons. The highest BCUT2D eigenvalue weighted by atomic mass is 16.2. The normalized spacial score (nSPS) is 14.6. The second-order valence-electron chi connectivity index (χ2n) is 5.59. The molecule has 0 bridgehead atoms. The van der Waals surface area contributed by atoms with E-state index < -0.39 is 11.8 Å². The van der Waals surface area contributed by atoms with Gasteiger partial charge in [-0.1, -0.05) is 18.9 Å². The van der Waals surface area contributed by atoms with Gasteiger partial charge in [-0.3, -0.25) is 14.2 Å². The Labute approximate surface area is 134 Å². The number of imidazole rings is 1. The Morgan fingerprint density at radius 1 is 1.22 bits per heavy atom. The molecule has 7 nitrogen and oxygen atoms in total. The smallest absolute Gasteiger partial charge is 0.309 e. The van der Waals surface area contributed by atoms with Crippen LogP contribution in [0.1, 0.15) is 31.2 Å². The number of nitrogens with one attached hydrogen (secondary N) is 2. The summed E-state index contributed by atoms with van der Waals surface area (Å²) in [5.41, 5.74) is 0.813. The van der Waals surface area contributed by atoms with Crippen molar-refractivity contribution < 1.29 is 9.59 Å². The van der Waals surface area contributed by atoms with Crippen molar-refractivity contribution in [3.8, 4) is 5.82 Å². The highest BCUT2D eigenvalue weighted by Gasteiger charge is 2.21. The minimum atomic E-state index is -0.614. The number of rotatable bonds is 4.